The van der Waals surface area contributed by atoms with Crippen molar-refractivity contribution in [2.45, 2.75) is 45.6 Å². The number of ether oxygens (including phenoxy) is 1. The van der Waals surface area contributed by atoms with Crippen LogP contribution in [0.2, 0.25) is 5.02 Å². The number of amides is 1. The average Bonchev–Trinajstić information content (AvgIpc) is 3.21. The molecule has 38 heavy (non-hydrogen) atoms. The lowest BCUT2D eigenvalue weighted by atomic mass is 10.1. The second kappa shape index (κ2) is 12.1. The number of hydrogen-bond donors (Lipinski definition) is 5. The normalized spacial score (nSPS) is 14.5. The molecule has 0 bridgehead atoms. The van der Waals surface area contributed by atoms with Crippen LogP contribution in [0.15, 0.2) is 24.5 Å². The van der Waals surface area contributed by atoms with Crippen LogP contribution in [0.1, 0.15) is 61.6 Å². The standard InChI is InChI=1S/C27H37ClN8O2/c1-27(2,3)35-25-20(24(30)32-16-33-25)22(29)23-21(28)18-8-7-17(15-19(18)34-23)26(37)31-9-13-38-14-12-36-10-5-4-6-11-36/h7-8,15-16,29,34H,4-6,9-14H2,1-3H3,(H,31,37)(H3,30,32,33,35). The fourth-order valence-corrected chi connectivity index (χ4v) is 4.82. The van der Waals surface area contributed by atoms with Crippen LogP contribution in [0, 0.1) is 5.41 Å². The van der Waals surface area contributed by atoms with E-state index in [-0.39, 0.29) is 23.0 Å². The van der Waals surface area contributed by atoms with Crippen LogP contribution >= 0.6 is 11.6 Å². The molecule has 3 aromatic rings. The molecule has 1 saturated heterocycles. The number of hydrogen-bond acceptors (Lipinski definition) is 8. The maximum absolute atomic E-state index is 12.7. The van der Waals surface area contributed by atoms with Crippen molar-refractivity contribution in [1.29, 1.82) is 5.41 Å². The number of nitrogens with one attached hydrogen (secondary N) is 4. The van der Waals surface area contributed by atoms with Gasteiger partial charge in [0.25, 0.3) is 5.91 Å². The van der Waals surface area contributed by atoms with Crippen LogP contribution in [0.5, 0.6) is 0 Å². The van der Waals surface area contributed by atoms with Crippen molar-refractivity contribution in [3.8, 4) is 0 Å². The maximum Gasteiger partial charge on any atom is 0.251 e. The summed E-state index contributed by atoms with van der Waals surface area (Å²) < 4.78 is 5.70. The van der Waals surface area contributed by atoms with Crippen molar-refractivity contribution in [2.75, 3.05) is 50.4 Å². The van der Waals surface area contributed by atoms with Gasteiger partial charge in [0.05, 0.1) is 35.2 Å². The number of rotatable bonds is 10. The number of nitrogens with two attached hydrogens (primary N) is 1. The van der Waals surface area contributed by atoms with Crippen LogP contribution in [0.3, 0.4) is 0 Å². The summed E-state index contributed by atoms with van der Waals surface area (Å²) in [5, 5.41) is 16.1. The van der Waals surface area contributed by atoms with Gasteiger partial charge in [-0.15, -0.1) is 0 Å². The predicted molar refractivity (Wildman–Crippen MR) is 153 cm³/mol. The van der Waals surface area contributed by atoms with Gasteiger partial charge in [-0.1, -0.05) is 24.1 Å². The molecule has 0 radical (unpaired) electrons. The Kier molecular flexibility index (Phi) is 8.86. The number of aromatic nitrogens is 3. The minimum absolute atomic E-state index is 0.0590. The molecule has 0 unspecified atom stereocenters. The van der Waals surface area contributed by atoms with Gasteiger partial charge in [-0.05, 0) is 58.8 Å². The van der Waals surface area contributed by atoms with Crippen molar-refractivity contribution >= 4 is 45.8 Å². The van der Waals surface area contributed by atoms with Crippen LogP contribution in [-0.4, -0.2) is 76.4 Å². The van der Waals surface area contributed by atoms with E-state index in [0.29, 0.717) is 58.3 Å². The van der Waals surface area contributed by atoms with Crippen LogP contribution in [0.4, 0.5) is 11.6 Å². The Morgan fingerprint density at radius 2 is 1.97 bits per heavy atom. The summed E-state index contributed by atoms with van der Waals surface area (Å²) in [6.07, 6.45) is 5.20. The van der Waals surface area contributed by atoms with E-state index < -0.39 is 0 Å². The molecule has 2 aromatic heterocycles. The van der Waals surface area contributed by atoms with E-state index in [1.807, 2.05) is 20.8 Å². The molecule has 3 heterocycles. The molecule has 0 spiro atoms. The van der Waals surface area contributed by atoms with Crippen molar-refractivity contribution in [3.05, 3.63) is 46.4 Å². The van der Waals surface area contributed by atoms with Gasteiger partial charge in [0.2, 0.25) is 0 Å². The van der Waals surface area contributed by atoms with Gasteiger partial charge < -0.3 is 31.0 Å². The molecule has 0 atom stereocenters. The van der Waals surface area contributed by atoms with E-state index in [4.69, 9.17) is 27.5 Å². The van der Waals surface area contributed by atoms with Gasteiger partial charge in [0.15, 0.2) is 0 Å². The minimum atomic E-state index is -0.305. The minimum Gasteiger partial charge on any atom is -0.383 e. The number of aromatic amines is 1. The number of nitrogens with zero attached hydrogens (tertiary/aromatic N) is 3. The largest absolute Gasteiger partial charge is 0.383 e. The molecule has 0 saturated carbocycles. The van der Waals surface area contributed by atoms with Gasteiger partial charge in [-0.25, -0.2) is 9.97 Å². The number of benzene rings is 1. The van der Waals surface area contributed by atoms with Crippen molar-refractivity contribution < 1.29 is 9.53 Å². The lowest BCUT2D eigenvalue weighted by molar-refractivity contribution is 0.0857. The van der Waals surface area contributed by atoms with Crippen molar-refractivity contribution in [1.82, 2.24) is 25.2 Å². The number of carbonyl (C=O) groups excluding carboxylic acids is 1. The maximum atomic E-state index is 12.7. The Hall–Kier alpha value is -3.21. The molecule has 10 nitrogen and oxygen atoms in total. The lowest BCUT2D eigenvalue weighted by Crippen LogP contribution is -2.33. The van der Waals surface area contributed by atoms with Gasteiger partial charge in [-0.3, -0.25) is 10.2 Å². The predicted octanol–water partition coefficient (Wildman–Crippen LogP) is 4.05. The average molecular weight is 541 g/mol. The quantitative estimate of drug-likeness (QED) is 0.192. The summed E-state index contributed by atoms with van der Waals surface area (Å²) in [6.45, 7) is 10.8. The number of fused-ring (bicyclic) bond motifs is 1. The molecule has 1 aromatic carbocycles. The van der Waals surface area contributed by atoms with E-state index in [0.717, 1.165) is 19.6 Å². The first-order valence-corrected chi connectivity index (χ1v) is 13.4. The molecule has 4 rings (SSSR count). The summed E-state index contributed by atoms with van der Waals surface area (Å²) in [6, 6.07) is 5.21. The Morgan fingerprint density at radius 1 is 1.21 bits per heavy atom. The van der Waals surface area contributed by atoms with E-state index in [1.54, 1.807) is 18.2 Å². The first kappa shape index (κ1) is 27.8. The highest BCUT2D eigenvalue weighted by molar-refractivity contribution is 6.40. The molecule has 1 fully saturated rings. The number of halogens is 1. The van der Waals surface area contributed by atoms with Gasteiger partial charge in [0.1, 0.15) is 18.0 Å². The Morgan fingerprint density at radius 3 is 2.71 bits per heavy atom. The van der Waals surface area contributed by atoms with Gasteiger partial charge in [0, 0.05) is 35.1 Å². The summed E-state index contributed by atoms with van der Waals surface area (Å²) in [5.41, 5.74) is 7.76. The number of likely N-dealkylation sites (tertiary alicyclic amines) is 1. The Bertz CT molecular complexity index is 1290. The van der Waals surface area contributed by atoms with Crippen LogP contribution in [0.25, 0.3) is 10.9 Å². The number of piperidine rings is 1. The highest BCUT2D eigenvalue weighted by Crippen LogP contribution is 2.32. The number of H-pyrrole nitrogens is 1. The number of anilines is 2. The summed E-state index contributed by atoms with van der Waals surface area (Å²) in [4.78, 5) is 26.7. The third-order valence-electron chi connectivity index (χ3n) is 6.40. The van der Waals surface area contributed by atoms with E-state index >= 15 is 0 Å². The van der Waals surface area contributed by atoms with E-state index in [9.17, 15) is 4.79 Å². The smallest absolute Gasteiger partial charge is 0.251 e. The molecule has 1 aliphatic rings. The first-order chi connectivity index (χ1) is 18.1. The Balaban J connectivity index is 1.41. The monoisotopic (exact) mass is 540 g/mol. The first-order valence-electron chi connectivity index (χ1n) is 13.0. The number of nitrogen functional groups attached to an aromatic ring is 1. The Labute approximate surface area is 228 Å². The summed E-state index contributed by atoms with van der Waals surface area (Å²) in [7, 11) is 0. The van der Waals surface area contributed by atoms with Gasteiger partial charge >= 0.3 is 0 Å². The second-order valence-corrected chi connectivity index (χ2v) is 11.0. The second-order valence-electron chi connectivity index (χ2n) is 10.6. The summed E-state index contributed by atoms with van der Waals surface area (Å²) in [5.74, 6) is 0.416. The highest BCUT2D eigenvalue weighted by atomic mass is 35.5. The van der Waals surface area contributed by atoms with Crippen molar-refractivity contribution in [2.24, 2.45) is 0 Å². The molecule has 11 heteroatoms. The molecule has 6 N–H and O–H groups in total. The SMILES string of the molecule is CC(C)(C)Nc1ncnc(N)c1C(=N)c1[nH]c2cc(C(=O)NCCOCCN3CCCCC3)ccc2c1Cl. The van der Waals surface area contributed by atoms with Crippen LogP contribution in [-0.2, 0) is 4.74 Å². The summed E-state index contributed by atoms with van der Waals surface area (Å²) >= 11 is 6.67. The lowest BCUT2D eigenvalue weighted by Gasteiger charge is -2.26. The van der Waals surface area contributed by atoms with Crippen molar-refractivity contribution in [3.63, 3.8) is 0 Å². The topological polar surface area (TPSA) is 145 Å². The highest BCUT2D eigenvalue weighted by Gasteiger charge is 2.24. The zero-order valence-corrected chi connectivity index (χ0v) is 23.0. The molecule has 1 amide bonds. The molecule has 204 valence electrons. The fraction of sp³-hybridized carbons (Fsp3) is 0.481. The van der Waals surface area contributed by atoms with Crippen LogP contribution < -0.4 is 16.4 Å². The molecular weight excluding hydrogens is 504 g/mol. The van der Waals surface area contributed by atoms with E-state index in [2.05, 4.69) is 30.5 Å². The zero-order chi connectivity index (χ0) is 27.3. The molecule has 0 aliphatic carbocycles. The number of carbonyl (C=O) groups is 1. The fourth-order valence-electron chi connectivity index (χ4n) is 4.51. The van der Waals surface area contributed by atoms with Gasteiger partial charge in [-0.2, -0.15) is 0 Å². The third kappa shape index (κ3) is 6.80. The zero-order valence-electron chi connectivity index (χ0n) is 22.3. The molecule has 1 aliphatic heterocycles. The van der Waals surface area contributed by atoms with E-state index in [1.165, 1.54) is 25.6 Å². The third-order valence-corrected chi connectivity index (χ3v) is 6.79. The molecular formula is C27H37ClN8O2.